The van der Waals surface area contributed by atoms with Gasteiger partial charge in [0.15, 0.2) is 0 Å². The van der Waals surface area contributed by atoms with E-state index in [1.54, 1.807) is 0 Å². The van der Waals surface area contributed by atoms with E-state index in [0.717, 1.165) is 10.5 Å². The molecule has 4 nitrogen and oxygen atoms in total. The molecule has 0 atom stereocenters. The maximum absolute atomic E-state index is 12.1. The van der Waals surface area contributed by atoms with Gasteiger partial charge in [0.1, 0.15) is 6.54 Å². The Hall–Kier alpha value is -1.49. The first-order chi connectivity index (χ1) is 9.40. The number of thioether (sulfide) groups is 1. The number of carbonyl (C=O) groups excluding carboxylic acids is 1. The number of amides is 1. The predicted octanol–water partition coefficient (Wildman–Crippen LogP) is 2.66. The van der Waals surface area contributed by atoms with Gasteiger partial charge in [-0.15, -0.1) is 11.8 Å². The summed E-state index contributed by atoms with van der Waals surface area (Å²) in [5, 5.41) is 8.87. The van der Waals surface area contributed by atoms with E-state index in [-0.39, 0.29) is 24.1 Å². The number of nitrogens with zero attached hydrogens (tertiary/aromatic N) is 1. The lowest BCUT2D eigenvalue weighted by molar-refractivity contribution is -0.143. The molecule has 0 heterocycles. The van der Waals surface area contributed by atoms with Gasteiger partial charge in [-0.3, -0.25) is 9.59 Å². The minimum absolute atomic E-state index is 0.130. The molecule has 0 aliphatic rings. The Morgan fingerprint density at radius 1 is 1.30 bits per heavy atom. The third-order valence-electron chi connectivity index (χ3n) is 2.71. The van der Waals surface area contributed by atoms with Crippen LogP contribution in [-0.2, 0) is 9.59 Å². The number of hydrogen-bond acceptors (Lipinski definition) is 3. The Morgan fingerprint density at radius 3 is 2.50 bits per heavy atom. The van der Waals surface area contributed by atoms with Gasteiger partial charge in [0.25, 0.3) is 0 Å². The molecule has 1 aromatic carbocycles. The van der Waals surface area contributed by atoms with E-state index >= 15 is 0 Å². The third-order valence-corrected chi connectivity index (χ3v) is 3.87. The van der Waals surface area contributed by atoms with Crippen molar-refractivity contribution >= 4 is 23.6 Å². The molecule has 0 aliphatic carbocycles. The SMILES string of the molecule is Cc1ccccc1SCC(=O)N(CC(=O)O)CC(C)C. The molecule has 0 spiro atoms. The van der Waals surface area contributed by atoms with Crippen LogP contribution in [0.4, 0.5) is 0 Å². The zero-order chi connectivity index (χ0) is 15.1. The molecule has 0 saturated heterocycles. The summed E-state index contributed by atoms with van der Waals surface area (Å²) in [6.45, 7) is 6.17. The van der Waals surface area contributed by atoms with Crippen LogP contribution in [0.15, 0.2) is 29.2 Å². The lowest BCUT2D eigenvalue weighted by Crippen LogP contribution is -2.39. The normalized spacial score (nSPS) is 10.6. The highest BCUT2D eigenvalue weighted by Gasteiger charge is 2.18. The Kier molecular flexibility index (Phi) is 6.58. The van der Waals surface area contributed by atoms with Crippen molar-refractivity contribution in [1.29, 1.82) is 0 Å². The largest absolute Gasteiger partial charge is 0.480 e. The van der Waals surface area contributed by atoms with Crippen molar-refractivity contribution < 1.29 is 14.7 Å². The second-order valence-corrected chi connectivity index (χ2v) is 6.13. The van der Waals surface area contributed by atoms with Crippen molar-refractivity contribution in [1.82, 2.24) is 4.90 Å². The Balaban J connectivity index is 2.62. The molecule has 1 amide bonds. The number of benzene rings is 1. The van der Waals surface area contributed by atoms with E-state index in [1.165, 1.54) is 16.7 Å². The first-order valence-electron chi connectivity index (χ1n) is 6.58. The van der Waals surface area contributed by atoms with Crippen LogP contribution in [0.5, 0.6) is 0 Å². The van der Waals surface area contributed by atoms with E-state index in [0.29, 0.717) is 6.54 Å². The molecule has 1 aromatic rings. The first kappa shape index (κ1) is 16.6. The van der Waals surface area contributed by atoms with Crippen molar-refractivity contribution in [2.75, 3.05) is 18.8 Å². The summed E-state index contributed by atoms with van der Waals surface area (Å²) >= 11 is 1.45. The number of aryl methyl sites for hydroxylation is 1. The van der Waals surface area contributed by atoms with Crippen molar-refractivity contribution in [2.24, 2.45) is 5.92 Å². The highest BCUT2D eigenvalue weighted by atomic mass is 32.2. The van der Waals surface area contributed by atoms with Crippen molar-refractivity contribution in [3.63, 3.8) is 0 Å². The smallest absolute Gasteiger partial charge is 0.323 e. The summed E-state index contributed by atoms with van der Waals surface area (Å²) in [5.41, 5.74) is 1.12. The van der Waals surface area contributed by atoms with Crippen LogP contribution in [0.1, 0.15) is 19.4 Å². The van der Waals surface area contributed by atoms with Crippen LogP contribution in [0, 0.1) is 12.8 Å². The van der Waals surface area contributed by atoms with E-state index < -0.39 is 5.97 Å². The highest BCUT2D eigenvalue weighted by Crippen LogP contribution is 2.22. The summed E-state index contributed by atoms with van der Waals surface area (Å²) in [5.74, 6) is -0.582. The minimum Gasteiger partial charge on any atom is -0.480 e. The fraction of sp³-hybridized carbons (Fsp3) is 0.467. The second kappa shape index (κ2) is 7.94. The lowest BCUT2D eigenvalue weighted by Gasteiger charge is -2.22. The zero-order valence-corrected chi connectivity index (χ0v) is 12.9. The van der Waals surface area contributed by atoms with Crippen LogP contribution in [0.25, 0.3) is 0 Å². The zero-order valence-electron chi connectivity index (χ0n) is 12.1. The molecule has 20 heavy (non-hydrogen) atoms. The summed E-state index contributed by atoms with van der Waals surface area (Å²) in [7, 11) is 0. The van der Waals surface area contributed by atoms with Gasteiger partial charge in [0.2, 0.25) is 5.91 Å². The maximum Gasteiger partial charge on any atom is 0.323 e. The molecule has 1 rings (SSSR count). The van der Waals surface area contributed by atoms with Crippen LogP contribution < -0.4 is 0 Å². The molecule has 1 N–H and O–H groups in total. The number of aliphatic carboxylic acids is 1. The lowest BCUT2D eigenvalue weighted by atomic mass is 10.2. The molecule has 0 fully saturated rings. The van der Waals surface area contributed by atoms with Gasteiger partial charge in [-0.2, -0.15) is 0 Å². The molecule has 0 radical (unpaired) electrons. The molecular formula is C15H21NO3S. The Morgan fingerprint density at radius 2 is 1.95 bits per heavy atom. The van der Waals surface area contributed by atoms with Crippen LogP contribution in [-0.4, -0.2) is 40.7 Å². The van der Waals surface area contributed by atoms with Gasteiger partial charge in [0.05, 0.1) is 5.75 Å². The molecule has 0 aliphatic heterocycles. The second-order valence-electron chi connectivity index (χ2n) is 5.12. The van der Waals surface area contributed by atoms with Crippen molar-refractivity contribution in [2.45, 2.75) is 25.7 Å². The highest BCUT2D eigenvalue weighted by molar-refractivity contribution is 8.00. The van der Waals surface area contributed by atoms with Crippen LogP contribution in [0.2, 0.25) is 0 Å². The topological polar surface area (TPSA) is 57.6 Å². The van der Waals surface area contributed by atoms with Crippen LogP contribution >= 0.6 is 11.8 Å². The number of rotatable bonds is 7. The molecule has 0 aromatic heterocycles. The summed E-state index contributed by atoms with van der Waals surface area (Å²) < 4.78 is 0. The van der Waals surface area contributed by atoms with E-state index in [2.05, 4.69) is 0 Å². The van der Waals surface area contributed by atoms with Crippen molar-refractivity contribution in [3.05, 3.63) is 29.8 Å². The number of carbonyl (C=O) groups is 2. The molecule has 0 saturated carbocycles. The van der Waals surface area contributed by atoms with Gasteiger partial charge in [-0.25, -0.2) is 0 Å². The fourth-order valence-electron chi connectivity index (χ4n) is 1.81. The number of hydrogen-bond donors (Lipinski definition) is 1. The van der Waals surface area contributed by atoms with Gasteiger partial charge < -0.3 is 10.0 Å². The Labute approximate surface area is 124 Å². The standard InChI is InChI=1S/C15H21NO3S/c1-11(2)8-16(9-15(18)19)14(17)10-20-13-7-5-4-6-12(13)3/h4-7,11H,8-10H2,1-3H3,(H,18,19). The Bertz CT molecular complexity index is 474. The predicted molar refractivity (Wildman–Crippen MR) is 81.0 cm³/mol. The van der Waals surface area contributed by atoms with E-state index in [9.17, 15) is 9.59 Å². The fourth-order valence-corrected chi connectivity index (χ4v) is 2.74. The molecule has 0 unspecified atom stereocenters. The molecule has 5 heteroatoms. The minimum atomic E-state index is -0.972. The van der Waals surface area contributed by atoms with Gasteiger partial charge in [-0.05, 0) is 24.5 Å². The monoisotopic (exact) mass is 295 g/mol. The third kappa shape index (κ3) is 5.65. The van der Waals surface area contributed by atoms with Crippen molar-refractivity contribution in [3.8, 4) is 0 Å². The van der Waals surface area contributed by atoms with E-state index in [4.69, 9.17) is 5.11 Å². The average Bonchev–Trinajstić information content (AvgIpc) is 2.35. The molecule has 110 valence electrons. The maximum atomic E-state index is 12.1. The summed E-state index contributed by atoms with van der Waals surface area (Å²) in [6.07, 6.45) is 0. The molecule has 0 bridgehead atoms. The average molecular weight is 295 g/mol. The quantitative estimate of drug-likeness (QED) is 0.786. The van der Waals surface area contributed by atoms with Gasteiger partial charge in [-0.1, -0.05) is 32.0 Å². The van der Waals surface area contributed by atoms with Gasteiger partial charge in [0, 0.05) is 11.4 Å². The number of carboxylic acids is 1. The van der Waals surface area contributed by atoms with Gasteiger partial charge >= 0.3 is 5.97 Å². The van der Waals surface area contributed by atoms with E-state index in [1.807, 2.05) is 45.0 Å². The summed E-state index contributed by atoms with van der Waals surface area (Å²) in [6, 6.07) is 7.85. The molecular weight excluding hydrogens is 274 g/mol. The van der Waals surface area contributed by atoms with Crippen LogP contribution in [0.3, 0.4) is 0 Å². The first-order valence-corrected chi connectivity index (χ1v) is 7.56. The number of carboxylic acid groups (broad SMARTS) is 1. The summed E-state index contributed by atoms with van der Waals surface area (Å²) in [4.78, 5) is 25.4.